The van der Waals surface area contributed by atoms with Gasteiger partial charge in [-0.2, -0.15) is 5.10 Å². The molecule has 0 aliphatic rings. The maximum Gasteiger partial charge on any atom is 0.250 e. The molecule has 27 heavy (non-hydrogen) atoms. The van der Waals surface area contributed by atoms with Crippen LogP contribution < -0.4 is 14.9 Å². The second-order valence-corrected chi connectivity index (χ2v) is 7.57. The van der Waals surface area contributed by atoms with Gasteiger partial charge in [0.05, 0.1) is 29.7 Å². The molecule has 0 aliphatic heterocycles. The topological polar surface area (TPSA) is 59.9 Å². The number of ether oxygens (including phenoxy) is 2. The second-order valence-electron chi connectivity index (χ2n) is 5.23. The van der Waals surface area contributed by atoms with Gasteiger partial charge in [0, 0.05) is 9.92 Å². The van der Waals surface area contributed by atoms with Crippen molar-refractivity contribution in [2.75, 3.05) is 19.0 Å². The van der Waals surface area contributed by atoms with E-state index >= 15 is 0 Å². The number of carbonyl (C=O) groups is 1. The molecule has 0 saturated carbocycles. The molecule has 0 aliphatic carbocycles. The summed E-state index contributed by atoms with van der Waals surface area (Å²) in [7, 11) is 0. The van der Waals surface area contributed by atoms with Crippen molar-refractivity contribution in [1.29, 1.82) is 0 Å². The summed E-state index contributed by atoms with van der Waals surface area (Å²) < 4.78 is 12.0. The Bertz CT molecular complexity index is 800. The molecule has 0 atom stereocenters. The lowest BCUT2D eigenvalue weighted by atomic mass is 10.2. The number of nitrogens with zero attached hydrogens (tertiary/aromatic N) is 1. The van der Waals surface area contributed by atoms with Gasteiger partial charge in [0.15, 0.2) is 11.5 Å². The summed E-state index contributed by atoms with van der Waals surface area (Å²) in [5, 5.41) is 4.68. The van der Waals surface area contributed by atoms with Gasteiger partial charge in [0.25, 0.3) is 0 Å². The number of halogens is 2. The highest BCUT2D eigenvalue weighted by atomic mass is 79.9. The number of hydrogen-bond donors (Lipinski definition) is 1. The summed E-state index contributed by atoms with van der Waals surface area (Å²) in [5.74, 6) is 1.34. The second kappa shape index (κ2) is 11.2. The van der Waals surface area contributed by atoms with Crippen molar-refractivity contribution in [2.45, 2.75) is 18.7 Å². The molecule has 0 saturated heterocycles. The Morgan fingerprint density at radius 3 is 2.59 bits per heavy atom. The maximum absolute atomic E-state index is 11.9. The van der Waals surface area contributed by atoms with E-state index in [1.807, 2.05) is 38.1 Å². The van der Waals surface area contributed by atoms with Crippen molar-refractivity contribution < 1.29 is 14.3 Å². The van der Waals surface area contributed by atoms with Crippen molar-refractivity contribution in [3.8, 4) is 11.5 Å². The third kappa shape index (κ3) is 7.08. The molecule has 1 N–H and O–H groups in total. The van der Waals surface area contributed by atoms with Gasteiger partial charge in [0.2, 0.25) is 5.91 Å². The average Bonchev–Trinajstić information content (AvgIpc) is 2.64. The highest BCUT2D eigenvalue weighted by Gasteiger charge is 2.11. The Balaban J connectivity index is 1.94. The molecule has 1 amide bonds. The van der Waals surface area contributed by atoms with E-state index in [4.69, 9.17) is 21.1 Å². The first-order valence-corrected chi connectivity index (χ1v) is 10.5. The molecule has 8 heteroatoms. The molecule has 0 bridgehead atoms. The van der Waals surface area contributed by atoms with Crippen LogP contribution >= 0.6 is 39.3 Å². The SMILES string of the molecule is CCOc1cc(/C=N\NC(=O)CSc2ccc(Cl)cc2)cc(Br)c1OCC. The van der Waals surface area contributed by atoms with Crippen molar-refractivity contribution >= 4 is 51.4 Å². The summed E-state index contributed by atoms with van der Waals surface area (Å²) >= 11 is 10.7. The number of nitrogens with one attached hydrogen (secondary N) is 1. The normalized spacial score (nSPS) is 10.8. The summed E-state index contributed by atoms with van der Waals surface area (Å²) in [6.45, 7) is 4.87. The zero-order valence-corrected chi connectivity index (χ0v) is 18.2. The van der Waals surface area contributed by atoms with Crippen LogP contribution in [0.3, 0.4) is 0 Å². The van der Waals surface area contributed by atoms with E-state index in [9.17, 15) is 4.79 Å². The molecular weight excluding hydrogens is 452 g/mol. The van der Waals surface area contributed by atoms with Crippen LogP contribution in [0.15, 0.2) is 50.9 Å². The lowest BCUT2D eigenvalue weighted by molar-refractivity contribution is -0.118. The highest BCUT2D eigenvalue weighted by molar-refractivity contribution is 9.10. The van der Waals surface area contributed by atoms with E-state index in [2.05, 4.69) is 26.5 Å². The van der Waals surface area contributed by atoms with Crippen LogP contribution in [0.2, 0.25) is 5.02 Å². The minimum atomic E-state index is -0.193. The van der Waals surface area contributed by atoms with E-state index in [0.717, 1.165) is 14.9 Å². The quantitative estimate of drug-likeness (QED) is 0.312. The Labute approximate surface area is 176 Å². The first-order valence-electron chi connectivity index (χ1n) is 8.32. The van der Waals surface area contributed by atoms with Gasteiger partial charge < -0.3 is 9.47 Å². The van der Waals surface area contributed by atoms with Crippen molar-refractivity contribution in [3.05, 3.63) is 51.5 Å². The van der Waals surface area contributed by atoms with E-state index in [0.29, 0.717) is 29.7 Å². The van der Waals surface area contributed by atoms with E-state index in [1.54, 1.807) is 18.3 Å². The molecule has 2 aromatic rings. The molecule has 144 valence electrons. The predicted molar refractivity (Wildman–Crippen MR) is 114 cm³/mol. The van der Waals surface area contributed by atoms with Crippen LogP contribution in [0, 0.1) is 0 Å². The zero-order chi connectivity index (χ0) is 19.6. The van der Waals surface area contributed by atoms with Crippen molar-refractivity contribution in [1.82, 2.24) is 5.43 Å². The van der Waals surface area contributed by atoms with E-state index in [-0.39, 0.29) is 11.7 Å². The van der Waals surface area contributed by atoms with Crippen LogP contribution in [0.1, 0.15) is 19.4 Å². The first-order chi connectivity index (χ1) is 13.0. The van der Waals surface area contributed by atoms with Gasteiger partial charge in [-0.3, -0.25) is 4.79 Å². The molecule has 2 aromatic carbocycles. The molecule has 0 unspecified atom stereocenters. The van der Waals surface area contributed by atoms with Gasteiger partial charge in [-0.25, -0.2) is 5.43 Å². The fraction of sp³-hybridized carbons (Fsp3) is 0.263. The number of thioether (sulfide) groups is 1. The number of carbonyl (C=O) groups excluding carboxylic acids is 1. The molecule has 0 aromatic heterocycles. The molecule has 0 heterocycles. The summed E-state index contributed by atoms with van der Waals surface area (Å²) in [6, 6.07) is 11.0. The van der Waals surface area contributed by atoms with E-state index < -0.39 is 0 Å². The highest BCUT2D eigenvalue weighted by Crippen LogP contribution is 2.36. The van der Waals surface area contributed by atoms with Crippen LogP contribution in [-0.4, -0.2) is 31.1 Å². The molecule has 0 fully saturated rings. The monoisotopic (exact) mass is 470 g/mol. The largest absolute Gasteiger partial charge is 0.490 e. The number of hydrogen-bond acceptors (Lipinski definition) is 5. The number of benzene rings is 2. The van der Waals surface area contributed by atoms with Crippen LogP contribution in [0.25, 0.3) is 0 Å². The third-order valence-electron chi connectivity index (χ3n) is 3.21. The van der Waals surface area contributed by atoms with Gasteiger partial charge in [0.1, 0.15) is 0 Å². The lowest BCUT2D eigenvalue weighted by Crippen LogP contribution is -2.19. The first kappa shape index (κ1) is 21.6. The van der Waals surface area contributed by atoms with Gasteiger partial charge in [-0.15, -0.1) is 11.8 Å². The van der Waals surface area contributed by atoms with E-state index in [1.165, 1.54) is 11.8 Å². The Kier molecular flexibility index (Phi) is 8.97. The van der Waals surface area contributed by atoms with Gasteiger partial charge in [-0.05, 0) is 71.7 Å². The van der Waals surface area contributed by atoms with Crippen molar-refractivity contribution in [3.63, 3.8) is 0 Å². The third-order valence-corrected chi connectivity index (χ3v) is 5.06. The number of amides is 1. The van der Waals surface area contributed by atoms with Crippen LogP contribution in [0.4, 0.5) is 0 Å². The zero-order valence-electron chi connectivity index (χ0n) is 15.0. The summed E-state index contributed by atoms with van der Waals surface area (Å²) in [6.07, 6.45) is 1.56. The molecule has 5 nitrogen and oxygen atoms in total. The van der Waals surface area contributed by atoms with Crippen LogP contribution in [-0.2, 0) is 4.79 Å². The molecular formula is C19H20BrClN2O3S. The minimum Gasteiger partial charge on any atom is -0.490 e. The number of rotatable bonds is 9. The molecule has 2 rings (SSSR count). The lowest BCUT2D eigenvalue weighted by Gasteiger charge is -2.13. The standard InChI is InChI=1S/C19H20BrClN2O3S/c1-3-25-17-10-13(9-16(20)19(17)26-4-2)11-22-23-18(24)12-27-15-7-5-14(21)6-8-15/h5-11H,3-4,12H2,1-2H3,(H,23,24)/b22-11-. The Morgan fingerprint density at radius 2 is 1.93 bits per heavy atom. The van der Waals surface area contributed by atoms with Gasteiger partial charge >= 0.3 is 0 Å². The molecule has 0 spiro atoms. The Morgan fingerprint density at radius 1 is 1.22 bits per heavy atom. The van der Waals surface area contributed by atoms with Crippen molar-refractivity contribution in [2.24, 2.45) is 5.10 Å². The fourth-order valence-corrected chi connectivity index (χ4v) is 3.49. The van der Waals surface area contributed by atoms with Gasteiger partial charge in [-0.1, -0.05) is 11.6 Å². The summed E-state index contributed by atoms with van der Waals surface area (Å²) in [4.78, 5) is 12.9. The van der Waals surface area contributed by atoms with Crippen LogP contribution in [0.5, 0.6) is 11.5 Å². The fourth-order valence-electron chi connectivity index (χ4n) is 2.10. The number of hydrazone groups is 1. The molecule has 0 radical (unpaired) electrons. The minimum absolute atomic E-state index is 0.193. The Hall–Kier alpha value is -1.70. The average molecular weight is 472 g/mol. The summed E-state index contributed by atoms with van der Waals surface area (Å²) in [5.41, 5.74) is 3.30. The smallest absolute Gasteiger partial charge is 0.250 e. The predicted octanol–water partition coefficient (Wildman–Crippen LogP) is 5.14. The maximum atomic E-state index is 11.9.